The van der Waals surface area contributed by atoms with Gasteiger partial charge in [0.15, 0.2) is 0 Å². The molecule has 6 nitrogen and oxygen atoms in total. The number of pyridine rings is 1. The highest BCUT2D eigenvalue weighted by Crippen LogP contribution is 2.45. The van der Waals surface area contributed by atoms with E-state index in [1.54, 1.807) is 0 Å². The second kappa shape index (κ2) is 5.39. The fourth-order valence-corrected chi connectivity index (χ4v) is 3.95. The van der Waals surface area contributed by atoms with Crippen LogP contribution in [0.5, 0.6) is 0 Å². The first-order chi connectivity index (χ1) is 12.1. The van der Waals surface area contributed by atoms with Crippen molar-refractivity contribution in [1.29, 1.82) is 0 Å². The Bertz CT molecular complexity index is 946. The number of nitrogens with zero attached hydrogens (tertiary/aromatic N) is 5. The van der Waals surface area contributed by atoms with Crippen LogP contribution in [0.4, 0.5) is 0 Å². The van der Waals surface area contributed by atoms with Gasteiger partial charge in [-0.1, -0.05) is 0 Å². The Labute approximate surface area is 146 Å². The van der Waals surface area contributed by atoms with Crippen LogP contribution in [0.3, 0.4) is 0 Å². The number of aryl methyl sites for hydroxylation is 2. The van der Waals surface area contributed by atoms with E-state index in [1.165, 1.54) is 24.1 Å². The predicted molar refractivity (Wildman–Crippen MR) is 95.3 cm³/mol. The van der Waals surface area contributed by atoms with E-state index in [4.69, 9.17) is 10.1 Å². The van der Waals surface area contributed by atoms with Gasteiger partial charge in [0.1, 0.15) is 0 Å². The average Bonchev–Trinajstić information content (AvgIpc) is 3.21. The summed E-state index contributed by atoms with van der Waals surface area (Å²) in [6.07, 6.45) is 8.55. The molecule has 3 heterocycles. The minimum atomic E-state index is 0.290. The Balaban J connectivity index is 1.59. The molecule has 0 unspecified atom stereocenters. The van der Waals surface area contributed by atoms with Gasteiger partial charge in [-0.05, 0) is 44.6 Å². The van der Waals surface area contributed by atoms with E-state index in [0.717, 1.165) is 35.1 Å². The van der Waals surface area contributed by atoms with Crippen molar-refractivity contribution in [2.45, 2.75) is 44.6 Å². The Morgan fingerprint density at radius 2 is 2.08 bits per heavy atom. The Morgan fingerprint density at radius 3 is 2.80 bits per heavy atom. The molecule has 0 spiro atoms. The SMILES string of the molecule is Cc1nc(-c2cn(C3CC(CO)C3)nc2C2CC2)cc2c1cnn2C. The van der Waals surface area contributed by atoms with Gasteiger partial charge in [-0.3, -0.25) is 14.3 Å². The van der Waals surface area contributed by atoms with E-state index < -0.39 is 0 Å². The quantitative estimate of drug-likeness (QED) is 0.795. The lowest BCUT2D eigenvalue weighted by Crippen LogP contribution is -2.29. The Hall–Kier alpha value is -2.21. The molecule has 2 aliphatic carbocycles. The summed E-state index contributed by atoms with van der Waals surface area (Å²) in [6, 6.07) is 2.56. The molecule has 6 heteroatoms. The lowest BCUT2D eigenvalue weighted by Gasteiger charge is -2.34. The van der Waals surface area contributed by atoms with E-state index in [2.05, 4.69) is 22.0 Å². The second-order valence-corrected chi connectivity index (χ2v) is 7.65. The first-order valence-corrected chi connectivity index (χ1v) is 9.13. The summed E-state index contributed by atoms with van der Waals surface area (Å²) in [5.41, 5.74) is 5.49. The van der Waals surface area contributed by atoms with Crippen LogP contribution < -0.4 is 0 Å². The number of rotatable bonds is 4. The molecule has 3 aromatic rings. The summed E-state index contributed by atoms with van der Waals surface area (Å²) in [7, 11) is 1.97. The number of aliphatic hydroxyl groups excluding tert-OH is 1. The lowest BCUT2D eigenvalue weighted by molar-refractivity contribution is 0.105. The summed E-state index contributed by atoms with van der Waals surface area (Å²) >= 11 is 0. The summed E-state index contributed by atoms with van der Waals surface area (Å²) in [4.78, 5) is 4.86. The Morgan fingerprint density at radius 1 is 1.28 bits per heavy atom. The fraction of sp³-hybridized carbons (Fsp3) is 0.526. The van der Waals surface area contributed by atoms with E-state index >= 15 is 0 Å². The molecule has 3 aromatic heterocycles. The molecule has 0 amide bonds. The van der Waals surface area contributed by atoms with E-state index in [0.29, 0.717) is 17.9 Å². The Kier molecular flexibility index (Phi) is 3.25. The van der Waals surface area contributed by atoms with Crippen LogP contribution in [0.2, 0.25) is 0 Å². The molecular weight excluding hydrogens is 314 g/mol. The maximum absolute atomic E-state index is 9.28. The van der Waals surface area contributed by atoms with Crippen molar-refractivity contribution in [3.63, 3.8) is 0 Å². The highest BCUT2D eigenvalue weighted by Gasteiger charge is 2.35. The zero-order chi connectivity index (χ0) is 17.1. The number of aromatic nitrogens is 5. The van der Waals surface area contributed by atoms with Gasteiger partial charge in [0.05, 0.1) is 29.1 Å². The molecule has 0 bridgehead atoms. The normalized spacial score (nSPS) is 23.2. The van der Waals surface area contributed by atoms with Gasteiger partial charge in [-0.15, -0.1) is 0 Å². The van der Waals surface area contributed by atoms with Crippen LogP contribution in [0.15, 0.2) is 18.5 Å². The third-order valence-corrected chi connectivity index (χ3v) is 5.78. The number of aliphatic hydroxyl groups is 1. The van der Waals surface area contributed by atoms with Gasteiger partial charge in [0.25, 0.3) is 0 Å². The topological polar surface area (TPSA) is 68.8 Å². The monoisotopic (exact) mass is 337 g/mol. The first-order valence-electron chi connectivity index (χ1n) is 9.13. The van der Waals surface area contributed by atoms with Crippen LogP contribution in [-0.4, -0.2) is 36.3 Å². The van der Waals surface area contributed by atoms with Crippen LogP contribution in [-0.2, 0) is 7.05 Å². The van der Waals surface area contributed by atoms with Gasteiger partial charge < -0.3 is 5.11 Å². The molecule has 0 atom stereocenters. The maximum atomic E-state index is 9.28. The van der Waals surface area contributed by atoms with Crippen molar-refractivity contribution < 1.29 is 5.11 Å². The summed E-state index contributed by atoms with van der Waals surface area (Å²) in [6.45, 7) is 2.34. The molecule has 0 aliphatic heterocycles. The first kappa shape index (κ1) is 15.1. The zero-order valence-corrected chi connectivity index (χ0v) is 14.7. The van der Waals surface area contributed by atoms with Gasteiger partial charge in [0.2, 0.25) is 0 Å². The largest absolute Gasteiger partial charge is 0.396 e. The number of hydrogen-bond acceptors (Lipinski definition) is 4. The molecule has 2 fully saturated rings. The maximum Gasteiger partial charge on any atom is 0.0761 e. The van der Waals surface area contributed by atoms with Crippen LogP contribution in [0.1, 0.15) is 49.0 Å². The third kappa shape index (κ3) is 2.39. The summed E-state index contributed by atoms with van der Waals surface area (Å²) in [5, 5.41) is 19.7. The number of fused-ring (bicyclic) bond motifs is 1. The standard InChI is InChI=1S/C19H23N5O/c1-11-15-8-20-23(2)18(15)7-17(21-11)16-9-24(14-5-12(6-14)10-25)22-19(16)13-3-4-13/h7-9,12-14,25H,3-6,10H2,1-2H3. The van der Waals surface area contributed by atoms with Crippen molar-refractivity contribution in [1.82, 2.24) is 24.5 Å². The molecule has 0 saturated heterocycles. The minimum absolute atomic E-state index is 0.290. The smallest absolute Gasteiger partial charge is 0.0761 e. The predicted octanol–water partition coefficient (Wildman–Crippen LogP) is 2.96. The van der Waals surface area contributed by atoms with E-state index in [-0.39, 0.29) is 6.61 Å². The molecule has 1 N–H and O–H groups in total. The molecule has 2 aliphatic rings. The molecule has 5 rings (SSSR count). The molecule has 0 radical (unpaired) electrons. The van der Waals surface area contributed by atoms with E-state index in [1.807, 2.05) is 24.9 Å². The molecule has 2 saturated carbocycles. The van der Waals surface area contributed by atoms with Crippen molar-refractivity contribution in [3.05, 3.63) is 29.8 Å². The third-order valence-electron chi connectivity index (χ3n) is 5.78. The average molecular weight is 337 g/mol. The van der Waals surface area contributed by atoms with Crippen LogP contribution in [0.25, 0.3) is 22.2 Å². The summed E-state index contributed by atoms with van der Waals surface area (Å²) in [5.74, 6) is 1.02. The highest BCUT2D eigenvalue weighted by atomic mass is 16.3. The highest BCUT2D eigenvalue weighted by molar-refractivity contribution is 5.85. The number of hydrogen-bond donors (Lipinski definition) is 1. The van der Waals surface area contributed by atoms with Crippen LogP contribution >= 0.6 is 0 Å². The van der Waals surface area contributed by atoms with Gasteiger partial charge in [-0.2, -0.15) is 10.2 Å². The lowest BCUT2D eigenvalue weighted by atomic mass is 9.81. The zero-order valence-electron chi connectivity index (χ0n) is 14.7. The van der Waals surface area contributed by atoms with Gasteiger partial charge in [-0.25, -0.2) is 0 Å². The second-order valence-electron chi connectivity index (χ2n) is 7.65. The molecule has 0 aromatic carbocycles. The van der Waals surface area contributed by atoms with Crippen molar-refractivity contribution in [2.24, 2.45) is 13.0 Å². The fourth-order valence-electron chi connectivity index (χ4n) is 3.95. The van der Waals surface area contributed by atoms with Crippen LogP contribution in [0, 0.1) is 12.8 Å². The minimum Gasteiger partial charge on any atom is -0.396 e. The summed E-state index contributed by atoms with van der Waals surface area (Å²) < 4.78 is 4.03. The van der Waals surface area contributed by atoms with Crippen molar-refractivity contribution in [2.75, 3.05) is 6.61 Å². The van der Waals surface area contributed by atoms with Gasteiger partial charge >= 0.3 is 0 Å². The molecular formula is C19H23N5O. The van der Waals surface area contributed by atoms with Crippen molar-refractivity contribution >= 4 is 10.9 Å². The molecule has 130 valence electrons. The van der Waals surface area contributed by atoms with Crippen molar-refractivity contribution in [3.8, 4) is 11.3 Å². The molecule has 25 heavy (non-hydrogen) atoms. The van der Waals surface area contributed by atoms with Gasteiger partial charge in [0, 0.05) is 42.4 Å². The van der Waals surface area contributed by atoms with E-state index in [9.17, 15) is 5.11 Å².